The van der Waals surface area contributed by atoms with Crippen LogP contribution in [0.5, 0.6) is 5.75 Å². The van der Waals surface area contributed by atoms with Crippen molar-refractivity contribution in [2.45, 2.75) is 25.9 Å². The molecule has 0 heterocycles. The number of hydrogen-bond acceptors (Lipinski definition) is 3. The van der Waals surface area contributed by atoms with Gasteiger partial charge in [0.1, 0.15) is 12.4 Å². The maximum absolute atomic E-state index is 8.59. The Morgan fingerprint density at radius 3 is 2.44 bits per heavy atom. The zero-order valence-corrected chi connectivity index (χ0v) is 11.2. The van der Waals surface area contributed by atoms with E-state index in [1.807, 2.05) is 38.1 Å². The van der Waals surface area contributed by atoms with Crippen molar-refractivity contribution < 1.29 is 14.6 Å². The highest BCUT2D eigenvalue weighted by Gasteiger charge is 2.15. The molecule has 3 nitrogen and oxygen atoms in total. The third-order valence-corrected chi connectivity index (χ3v) is 2.69. The lowest BCUT2D eigenvalue weighted by Gasteiger charge is -2.22. The third kappa shape index (κ3) is 5.22. The van der Waals surface area contributed by atoms with Crippen LogP contribution in [0.4, 0.5) is 0 Å². The molecule has 18 heavy (non-hydrogen) atoms. The van der Waals surface area contributed by atoms with Crippen molar-refractivity contribution >= 4 is 0 Å². The van der Waals surface area contributed by atoms with E-state index in [1.165, 1.54) is 0 Å². The molecule has 0 saturated carbocycles. The van der Waals surface area contributed by atoms with E-state index in [0.717, 1.165) is 17.7 Å². The van der Waals surface area contributed by atoms with Gasteiger partial charge in [-0.3, -0.25) is 0 Å². The molecule has 0 aliphatic rings. The second-order valence-corrected chi connectivity index (χ2v) is 4.55. The molecule has 1 N–H and O–H groups in total. The van der Waals surface area contributed by atoms with Crippen molar-refractivity contribution in [3.63, 3.8) is 0 Å². The van der Waals surface area contributed by atoms with E-state index in [0.29, 0.717) is 6.61 Å². The van der Waals surface area contributed by atoms with Gasteiger partial charge < -0.3 is 14.6 Å². The predicted molar refractivity (Wildman–Crippen MR) is 71.6 cm³/mol. The van der Waals surface area contributed by atoms with E-state index in [-0.39, 0.29) is 12.2 Å². The Balaban J connectivity index is 2.44. The molecular formula is C15H20O3. The molecule has 0 fully saturated rings. The molecule has 0 aliphatic carbocycles. The number of benzene rings is 1. The molecule has 0 aromatic heterocycles. The van der Waals surface area contributed by atoms with Gasteiger partial charge >= 0.3 is 0 Å². The molecule has 1 aromatic rings. The second kappa shape index (κ2) is 7.05. The van der Waals surface area contributed by atoms with Crippen molar-refractivity contribution in [2.24, 2.45) is 0 Å². The third-order valence-electron chi connectivity index (χ3n) is 2.69. The lowest BCUT2D eigenvalue weighted by molar-refractivity contribution is 0.00546. The van der Waals surface area contributed by atoms with Crippen LogP contribution >= 0.6 is 0 Å². The van der Waals surface area contributed by atoms with Gasteiger partial charge in [0.05, 0.1) is 12.2 Å². The van der Waals surface area contributed by atoms with Crippen LogP contribution in [0.2, 0.25) is 0 Å². The van der Waals surface area contributed by atoms with Crippen molar-refractivity contribution in [2.75, 3.05) is 20.3 Å². The maximum atomic E-state index is 8.59. The lowest BCUT2D eigenvalue weighted by Crippen LogP contribution is -2.25. The summed E-state index contributed by atoms with van der Waals surface area (Å²) in [6, 6.07) is 7.50. The van der Waals surface area contributed by atoms with Crippen LogP contribution in [-0.2, 0) is 4.74 Å². The molecule has 98 valence electrons. The molecule has 0 atom stereocenters. The molecule has 0 radical (unpaired) electrons. The van der Waals surface area contributed by atoms with E-state index >= 15 is 0 Å². The number of rotatable bonds is 5. The first kappa shape index (κ1) is 14.6. The summed E-state index contributed by atoms with van der Waals surface area (Å²) in [6.45, 7) is 4.56. The van der Waals surface area contributed by atoms with Crippen molar-refractivity contribution in [3.05, 3.63) is 29.8 Å². The van der Waals surface area contributed by atoms with Crippen LogP contribution in [0, 0.1) is 11.8 Å². The van der Waals surface area contributed by atoms with E-state index in [9.17, 15) is 0 Å². The number of ether oxygens (including phenoxy) is 2. The molecule has 3 heteroatoms. The first-order valence-electron chi connectivity index (χ1n) is 5.95. The summed E-state index contributed by atoms with van der Waals surface area (Å²) in [6.07, 6.45) is 0.829. The maximum Gasteiger partial charge on any atom is 0.119 e. The van der Waals surface area contributed by atoms with Gasteiger partial charge in [-0.15, -0.1) is 0 Å². The van der Waals surface area contributed by atoms with Gasteiger partial charge in [0.25, 0.3) is 0 Å². The van der Waals surface area contributed by atoms with Gasteiger partial charge in [-0.2, -0.15) is 0 Å². The summed E-state index contributed by atoms with van der Waals surface area (Å²) >= 11 is 0. The number of methoxy groups -OCH3 is 1. The van der Waals surface area contributed by atoms with Gasteiger partial charge in [0, 0.05) is 19.1 Å². The first-order valence-corrected chi connectivity index (χ1v) is 5.95. The van der Waals surface area contributed by atoms with Gasteiger partial charge in [0.2, 0.25) is 0 Å². The van der Waals surface area contributed by atoms with E-state index < -0.39 is 0 Å². The predicted octanol–water partition coefficient (Wildman–Crippen LogP) is 2.22. The monoisotopic (exact) mass is 248 g/mol. The fraction of sp³-hybridized carbons (Fsp3) is 0.467. The summed E-state index contributed by atoms with van der Waals surface area (Å²) in [7, 11) is 1.70. The smallest absolute Gasteiger partial charge is 0.119 e. The molecule has 0 amide bonds. The van der Waals surface area contributed by atoms with E-state index in [2.05, 4.69) is 11.8 Å². The van der Waals surface area contributed by atoms with Gasteiger partial charge in [0.15, 0.2) is 0 Å². The highest BCUT2D eigenvalue weighted by atomic mass is 16.5. The molecule has 0 spiro atoms. The fourth-order valence-electron chi connectivity index (χ4n) is 1.29. The van der Waals surface area contributed by atoms with Crippen molar-refractivity contribution in [1.82, 2.24) is 0 Å². The minimum absolute atomic E-state index is 0.121. The van der Waals surface area contributed by atoms with E-state index in [1.54, 1.807) is 7.11 Å². The Labute approximate surface area is 109 Å². The Hall–Kier alpha value is -1.50. The largest absolute Gasteiger partial charge is 0.493 e. The second-order valence-electron chi connectivity index (χ2n) is 4.55. The summed E-state index contributed by atoms with van der Waals surface area (Å²) < 4.78 is 10.9. The summed E-state index contributed by atoms with van der Waals surface area (Å²) in [5, 5.41) is 8.59. The fourth-order valence-corrected chi connectivity index (χ4v) is 1.29. The van der Waals surface area contributed by atoms with Gasteiger partial charge in [-0.25, -0.2) is 0 Å². The normalized spacial score (nSPS) is 10.7. The number of hydrogen-bond donors (Lipinski definition) is 1. The van der Waals surface area contributed by atoms with Crippen LogP contribution in [0.15, 0.2) is 24.3 Å². The molecular weight excluding hydrogens is 228 g/mol. The topological polar surface area (TPSA) is 38.7 Å². The van der Waals surface area contributed by atoms with Crippen LogP contribution in [0.3, 0.4) is 0 Å². The van der Waals surface area contributed by atoms with Gasteiger partial charge in [-0.1, -0.05) is 11.8 Å². The zero-order valence-electron chi connectivity index (χ0n) is 11.2. The Kier molecular flexibility index (Phi) is 5.70. The minimum Gasteiger partial charge on any atom is -0.493 e. The lowest BCUT2D eigenvalue weighted by atomic mass is 10.1. The Morgan fingerprint density at radius 1 is 1.22 bits per heavy atom. The molecule has 0 saturated heterocycles. The summed E-state index contributed by atoms with van der Waals surface area (Å²) in [4.78, 5) is 0. The standard InChI is InChI=1S/C15H20O3/c1-15(2,17-3)10-12-18-14-8-6-13(7-9-14)5-4-11-16/h6-9,16H,10-12H2,1-3H3. The summed E-state index contributed by atoms with van der Waals surface area (Å²) in [5.41, 5.74) is 0.709. The Bertz CT molecular complexity index is 410. The van der Waals surface area contributed by atoms with Crippen molar-refractivity contribution in [1.29, 1.82) is 0 Å². The van der Waals surface area contributed by atoms with E-state index in [4.69, 9.17) is 14.6 Å². The highest BCUT2D eigenvalue weighted by molar-refractivity contribution is 5.38. The average Bonchev–Trinajstić information content (AvgIpc) is 2.38. The zero-order chi connectivity index (χ0) is 13.4. The SMILES string of the molecule is COC(C)(C)CCOc1ccc(C#CCO)cc1. The minimum atomic E-state index is -0.160. The van der Waals surface area contributed by atoms with Crippen LogP contribution < -0.4 is 4.74 Å². The summed E-state index contributed by atoms with van der Waals surface area (Å²) in [5.74, 6) is 6.25. The van der Waals surface area contributed by atoms with Gasteiger partial charge in [-0.05, 0) is 38.1 Å². The molecule has 0 aliphatic heterocycles. The average molecular weight is 248 g/mol. The van der Waals surface area contributed by atoms with Crippen molar-refractivity contribution in [3.8, 4) is 17.6 Å². The first-order chi connectivity index (χ1) is 8.57. The number of aliphatic hydroxyl groups is 1. The van der Waals surface area contributed by atoms with Crippen LogP contribution in [0.25, 0.3) is 0 Å². The molecule has 0 unspecified atom stereocenters. The van der Waals surface area contributed by atoms with Crippen LogP contribution in [0.1, 0.15) is 25.8 Å². The van der Waals surface area contributed by atoms with Crippen LogP contribution in [-0.4, -0.2) is 31.0 Å². The number of aliphatic hydroxyl groups excluding tert-OH is 1. The Morgan fingerprint density at radius 2 is 1.89 bits per heavy atom. The highest BCUT2D eigenvalue weighted by Crippen LogP contribution is 2.16. The quantitative estimate of drug-likeness (QED) is 0.812. The molecule has 0 bridgehead atoms. The molecule has 1 aromatic carbocycles. The molecule has 1 rings (SSSR count).